The number of carbonyl (C=O) groups is 3. The van der Waals surface area contributed by atoms with Crippen molar-refractivity contribution in [2.24, 2.45) is 0 Å². The van der Waals surface area contributed by atoms with Crippen molar-refractivity contribution in [2.75, 3.05) is 19.0 Å². The number of hydrogen-bond acceptors (Lipinski definition) is 10. The van der Waals surface area contributed by atoms with Gasteiger partial charge in [0.2, 0.25) is 11.7 Å². The number of nitro benzene ring substituents is 2. The van der Waals surface area contributed by atoms with Gasteiger partial charge in [-0.3, -0.25) is 39.5 Å². The Morgan fingerprint density at radius 3 is 2.51 bits per heavy atom. The predicted octanol–water partition coefficient (Wildman–Crippen LogP) is 5.77. The van der Waals surface area contributed by atoms with E-state index in [0.29, 0.717) is 16.7 Å². The zero-order valence-electron chi connectivity index (χ0n) is 20.7. The number of para-hydroxylation sites is 1. The summed E-state index contributed by atoms with van der Waals surface area (Å²) in [6.07, 6.45) is 1.28. The number of benzene rings is 3. The molecular weight excluding hydrogens is 587 g/mol. The molecule has 0 spiro atoms. The van der Waals surface area contributed by atoms with Crippen LogP contribution in [0.5, 0.6) is 17.2 Å². The van der Waals surface area contributed by atoms with Crippen LogP contribution < -0.4 is 14.8 Å². The van der Waals surface area contributed by atoms with Gasteiger partial charge in [-0.05, 0) is 48.2 Å². The number of ether oxygens (including phenoxy) is 2. The molecule has 1 N–H and O–H groups in total. The number of amides is 3. The molecule has 0 atom stereocenters. The number of carbonyl (C=O) groups excluding carboxylic acids is 3. The number of methoxy groups -OCH3 is 1. The van der Waals surface area contributed by atoms with Crippen LogP contribution in [-0.2, 0) is 9.59 Å². The van der Waals surface area contributed by atoms with E-state index in [1.807, 2.05) is 0 Å². The van der Waals surface area contributed by atoms with E-state index in [0.717, 1.165) is 24.3 Å². The van der Waals surface area contributed by atoms with Crippen molar-refractivity contribution in [3.05, 3.63) is 96.1 Å². The highest BCUT2D eigenvalue weighted by atomic mass is 35.5. The lowest BCUT2D eigenvalue weighted by molar-refractivity contribution is -0.394. The molecule has 1 aliphatic heterocycles. The maximum atomic E-state index is 13.4. The average Bonchev–Trinajstić information content (AvgIpc) is 3.18. The molecule has 1 aliphatic rings. The quantitative estimate of drug-likeness (QED) is 0.180. The summed E-state index contributed by atoms with van der Waals surface area (Å²) in [5, 5.41) is 24.1. The highest BCUT2D eigenvalue weighted by Gasteiger charge is 2.36. The van der Waals surface area contributed by atoms with Crippen LogP contribution in [-0.4, -0.2) is 45.5 Å². The first-order valence-corrected chi connectivity index (χ1v) is 12.5. The van der Waals surface area contributed by atoms with E-state index < -0.39 is 50.6 Å². The van der Waals surface area contributed by atoms with Crippen LogP contribution >= 0.6 is 23.4 Å². The van der Waals surface area contributed by atoms with E-state index in [9.17, 15) is 39.0 Å². The third-order valence-corrected chi connectivity index (χ3v) is 6.65. The standard InChI is InChI=1S/C25H16ClFN4O9S/c1-39-20-4-2-3-13(23(20)40-19-8-6-15(30(35)36)11-18(19)31(37)38)9-21-24(33)29(25(34)41-21)12-22(32)28-14-5-7-17(27)16(26)10-14/h2-11H,12H2,1H3,(H,28,32)/b21-9+. The normalized spacial score (nSPS) is 13.8. The van der Waals surface area contributed by atoms with Gasteiger partial charge in [-0.25, -0.2) is 4.39 Å². The van der Waals surface area contributed by atoms with E-state index in [-0.39, 0.29) is 38.4 Å². The number of nitro groups is 2. The molecule has 0 bridgehead atoms. The number of thioether (sulfide) groups is 1. The van der Waals surface area contributed by atoms with Gasteiger partial charge in [0.25, 0.3) is 16.8 Å². The molecule has 0 saturated carbocycles. The Kier molecular flexibility index (Phi) is 8.49. The summed E-state index contributed by atoms with van der Waals surface area (Å²) < 4.78 is 24.4. The van der Waals surface area contributed by atoms with Gasteiger partial charge in [0.15, 0.2) is 11.5 Å². The van der Waals surface area contributed by atoms with Crippen LogP contribution in [0.2, 0.25) is 5.02 Å². The Bertz CT molecular complexity index is 1650. The van der Waals surface area contributed by atoms with Crippen LogP contribution in [0.3, 0.4) is 0 Å². The summed E-state index contributed by atoms with van der Waals surface area (Å²) in [5.41, 5.74) is -0.885. The van der Waals surface area contributed by atoms with Crippen LogP contribution in [0.25, 0.3) is 6.08 Å². The minimum Gasteiger partial charge on any atom is -0.493 e. The molecule has 210 valence electrons. The van der Waals surface area contributed by atoms with Crippen molar-refractivity contribution in [1.82, 2.24) is 4.90 Å². The average molecular weight is 603 g/mol. The van der Waals surface area contributed by atoms with Gasteiger partial charge in [0.05, 0.1) is 33.0 Å². The van der Waals surface area contributed by atoms with E-state index in [4.69, 9.17) is 21.1 Å². The molecule has 3 aromatic carbocycles. The minimum absolute atomic E-state index is 0.0790. The molecule has 1 fully saturated rings. The van der Waals surface area contributed by atoms with Crippen LogP contribution in [0, 0.1) is 26.0 Å². The maximum Gasteiger partial charge on any atom is 0.318 e. The zero-order chi connectivity index (χ0) is 29.8. The molecule has 0 radical (unpaired) electrons. The van der Waals surface area contributed by atoms with Gasteiger partial charge in [0, 0.05) is 17.3 Å². The topological polar surface area (TPSA) is 171 Å². The van der Waals surface area contributed by atoms with Gasteiger partial charge < -0.3 is 14.8 Å². The molecule has 4 rings (SSSR count). The largest absolute Gasteiger partial charge is 0.493 e. The van der Waals surface area contributed by atoms with Crippen LogP contribution in [0.4, 0.5) is 26.2 Å². The van der Waals surface area contributed by atoms with Gasteiger partial charge >= 0.3 is 5.69 Å². The lowest BCUT2D eigenvalue weighted by Gasteiger charge is -2.14. The van der Waals surface area contributed by atoms with Crippen molar-refractivity contribution in [2.45, 2.75) is 0 Å². The van der Waals surface area contributed by atoms with Gasteiger partial charge in [-0.15, -0.1) is 0 Å². The molecule has 13 nitrogen and oxygen atoms in total. The number of halogens is 2. The second-order valence-corrected chi connectivity index (χ2v) is 9.49. The third-order valence-electron chi connectivity index (χ3n) is 5.46. The Balaban J connectivity index is 1.60. The van der Waals surface area contributed by atoms with Gasteiger partial charge in [0.1, 0.15) is 12.4 Å². The third kappa shape index (κ3) is 6.42. The van der Waals surface area contributed by atoms with Crippen molar-refractivity contribution in [3.63, 3.8) is 0 Å². The first kappa shape index (κ1) is 29.0. The molecule has 3 aromatic rings. The molecular formula is C25H16ClFN4O9S. The first-order valence-electron chi connectivity index (χ1n) is 11.3. The smallest absolute Gasteiger partial charge is 0.318 e. The Hall–Kier alpha value is -5.02. The second kappa shape index (κ2) is 12.0. The summed E-state index contributed by atoms with van der Waals surface area (Å²) in [5.74, 6) is -2.56. The van der Waals surface area contributed by atoms with Crippen molar-refractivity contribution in [1.29, 1.82) is 0 Å². The van der Waals surface area contributed by atoms with Gasteiger partial charge in [-0.2, -0.15) is 0 Å². The summed E-state index contributed by atoms with van der Waals surface area (Å²) in [6.45, 7) is -0.645. The van der Waals surface area contributed by atoms with Crippen molar-refractivity contribution >= 4 is 63.6 Å². The number of nitrogens with one attached hydrogen (secondary N) is 1. The van der Waals surface area contributed by atoms with Gasteiger partial charge in [-0.1, -0.05) is 23.7 Å². The monoisotopic (exact) mass is 602 g/mol. The van der Waals surface area contributed by atoms with Crippen molar-refractivity contribution < 1.29 is 38.1 Å². The van der Waals surface area contributed by atoms with E-state index >= 15 is 0 Å². The Morgan fingerprint density at radius 1 is 1.10 bits per heavy atom. The minimum atomic E-state index is -0.853. The second-order valence-electron chi connectivity index (χ2n) is 8.09. The molecule has 0 aliphatic carbocycles. The van der Waals surface area contributed by atoms with E-state index in [1.54, 1.807) is 0 Å². The number of non-ortho nitro benzene ring substituents is 1. The number of hydrogen-bond donors (Lipinski definition) is 1. The van der Waals surface area contributed by atoms with E-state index in [1.165, 1.54) is 43.5 Å². The molecule has 1 saturated heterocycles. The Labute approximate surface area is 238 Å². The highest BCUT2D eigenvalue weighted by molar-refractivity contribution is 8.18. The fourth-order valence-corrected chi connectivity index (χ4v) is 4.58. The molecule has 3 amide bonds. The molecule has 0 aromatic heterocycles. The number of imide groups is 1. The molecule has 16 heteroatoms. The lowest BCUT2D eigenvalue weighted by atomic mass is 10.1. The SMILES string of the molecule is COc1cccc(/C=C2/SC(=O)N(CC(=O)Nc3ccc(F)c(Cl)c3)C2=O)c1Oc1ccc([N+](=O)[O-])cc1[N+](=O)[O-]. The predicted molar refractivity (Wildman–Crippen MR) is 146 cm³/mol. The molecule has 1 heterocycles. The molecule has 0 unspecified atom stereocenters. The lowest BCUT2D eigenvalue weighted by Crippen LogP contribution is -2.36. The van der Waals surface area contributed by atoms with Crippen molar-refractivity contribution in [3.8, 4) is 17.2 Å². The van der Waals surface area contributed by atoms with E-state index in [2.05, 4.69) is 5.32 Å². The summed E-state index contributed by atoms with van der Waals surface area (Å²) in [7, 11) is 1.30. The number of nitrogens with zero attached hydrogens (tertiary/aromatic N) is 3. The van der Waals surface area contributed by atoms with Crippen LogP contribution in [0.1, 0.15) is 5.56 Å². The summed E-state index contributed by atoms with van der Waals surface area (Å²) in [6, 6.07) is 10.8. The molecule has 41 heavy (non-hydrogen) atoms. The number of rotatable bonds is 9. The fraction of sp³-hybridized carbons (Fsp3) is 0.0800. The zero-order valence-corrected chi connectivity index (χ0v) is 22.2. The first-order chi connectivity index (χ1) is 19.5. The highest BCUT2D eigenvalue weighted by Crippen LogP contribution is 2.42. The maximum absolute atomic E-state index is 13.4. The Morgan fingerprint density at radius 2 is 1.85 bits per heavy atom. The van der Waals surface area contributed by atoms with Crippen LogP contribution in [0.15, 0.2) is 59.5 Å². The summed E-state index contributed by atoms with van der Waals surface area (Å²) in [4.78, 5) is 59.6. The number of anilines is 1. The fourth-order valence-electron chi connectivity index (χ4n) is 3.57. The summed E-state index contributed by atoms with van der Waals surface area (Å²) >= 11 is 6.24.